The lowest BCUT2D eigenvalue weighted by Gasteiger charge is -2.23. The number of benzene rings is 2. The Bertz CT molecular complexity index is 729. The van der Waals surface area contributed by atoms with Crippen LogP contribution in [-0.4, -0.2) is 0 Å². The van der Waals surface area contributed by atoms with E-state index in [2.05, 4.69) is 0 Å². The molecule has 0 saturated carbocycles. The van der Waals surface area contributed by atoms with E-state index in [1.807, 2.05) is 12.1 Å². The normalized spacial score (nSPS) is 12.6. The first-order valence-corrected chi connectivity index (χ1v) is 8.66. The Morgan fingerprint density at radius 3 is 1.78 bits per heavy atom. The van der Waals surface area contributed by atoms with Crippen LogP contribution in [0.3, 0.4) is 0 Å². The van der Waals surface area contributed by atoms with Crippen LogP contribution in [0.25, 0.3) is 0 Å². The maximum atomic E-state index is 13.3. The minimum absolute atomic E-state index is 0.334. The van der Waals surface area contributed by atoms with Crippen LogP contribution in [0.5, 0.6) is 11.5 Å². The topological polar surface area (TPSA) is 74.7 Å². The maximum Gasteiger partial charge on any atom is 0.455 e. The van der Waals surface area contributed by atoms with Gasteiger partial charge in [0.05, 0.1) is 6.26 Å². The van der Waals surface area contributed by atoms with Gasteiger partial charge in [-0.15, -0.1) is 0 Å². The minimum atomic E-state index is -3.76. The van der Waals surface area contributed by atoms with Gasteiger partial charge in [0.2, 0.25) is 0 Å². The van der Waals surface area contributed by atoms with Crippen molar-refractivity contribution in [2.24, 2.45) is 5.73 Å². The van der Waals surface area contributed by atoms with Gasteiger partial charge in [0.1, 0.15) is 17.3 Å². The van der Waals surface area contributed by atoms with Crippen LogP contribution < -0.4 is 14.8 Å². The molecule has 2 aromatic carbocycles. The quantitative estimate of drug-likeness (QED) is 0.670. The van der Waals surface area contributed by atoms with Crippen molar-refractivity contribution in [1.82, 2.24) is 0 Å². The minimum Gasteiger partial charge on any atom is -0.467 e. The zero-order chi connectivity index (χ0) is 16.1. The van der Waals surface area contributed by atoms with Crippen LogP contribution in [0.15, 0.2) is 83.5 Å². The highest BCUT2D eigenvalue weighted by atomic mass is 31.2. The Hall–Kier alpha value is -2.49. The predicted octanol–water partition coefficient (Wildman–Crippen LogP) is 4.59. The summed E-state index contributed by atoms with van der Waals surface area (Å²) in [5.74, 6) is 0.112. The van der Waals surface area contributed by atoms with E-state index in [0.29, 0.717) is 17.3 Å². The molecule has 0 saturated heterocycles. The molecule has 3 rings (SSSR count). The molecule has 0 fully saturated rings. The average Bonchev–Trinajstić information content (AvgIpc) is 3.10. The molecular formula is C17H16NO4P. The van der Waals surface area contributed by atoms with Gasteiger partial charge in [0.15, 0.2) is 5.78 Å². The fourth-order valence-electron chi connectivity index (χ4n) is 2.00. The van der Waals surface area contributed by atoms with Gasteiger partial charge in [0, 0.05) is 0 Å². The van der Waals surface area contributed by atoms with E-state index < -0.39 is 13.4 Å². The van der Waals surface area contributed by atoms with Crippen molar-refractivity contribution in [3.05, 3.63) is 84.8 Å². The Morgan fingerprint density at radius 2 is 1.35 bits per heavy atom. The third kappa shape index (κ3) is 3.65. The van der Waals surface area contributed by atoms with Crippen LogP contribution in [0.1, 0.15) is 11.5 Å². The molecule has 0 radical (unpaired) electrons. The SMILES string of the molecule is NC(c1ccco1)P(=O)(Oc1ccccc1)Oc1ccccc1. The molecule has 2 N–H and O–H groups in total. The molecule has 0 spiro atoms. The highest BCUT2D eigenvalue weighted by Crippen LogP contribution is 2.57. The molecule has 0 aliphatic carbocycles. The lowest BCUT2D eigenvalue weighted by molar-refractivity contribution is 0.362. The zero-order valence-corrected chi connectivity index (χ0v) is 13.1. The molecule has 1 unspecified atom stereocenters. The second-order valence-corrected chi connectivity index (χ2v) is 6.81. The van der Waals surface area contributed by atoms with Crippen LogP contribution in [0, 0.1) is 0 Å². The van der Waals surface area contributed by atoms with Gasteiger partial charge in [-0.2, -0.15) is 0 Å². The first kappa shape index (κ1) is 15.4. The molecule has 1 aromatic heterocycles. The van der Waals surface area contributed by atoms with E-state index in [1.54, 1.807) is 60.7 Å². The number of nitrogens with two attached hydrogens (primary N) is 1. The van der Waals surface area contributed by atoms with Gasteiger partial charge in [-0.1, -0.05) is 36.4 Å². The predicted molar refractivity (Wildman–Crippen MR) is 87.4 cm³/mol. The summed E-state index contributed by atoms with van der Waals surface area (Å²) >= 11 is 0. The Kier molecular flexibility index (Phi) is 4.51. The Balaban J connectivity index is 1.93. The molecule has 0 bridgehead atoms. The van der Waals surface area contributed by atoms with Gasteiger partial charge in [0.25, 0.3) is 0 Å². The number of para-hydroxylation sites is 2. The van der Waals surface area contributed by atoms with Crippen molar-refractivity contribution in [3.8, 4) is 11.5 Å². The highest BCUT2D eigenvalue weighted by molar-refractivity contribution is 7.55. The Labute approximate surface area is 134 Å². The van der Waals surface area contributed by atoms with Gasteiger partial charge in [-0.05, 0) is 36.4 Å². The summed E-state index contributed by atoms with van der Waals surface area (Å²) < 4.78 is 29.9. The summed E-state index contributed by atoms with van der Waals surface area (Å²) in [4.78, 5) is 0. The summed E-state index contributed by atoms with van der Waals surface area (Å²) in [6, 6.07) is 20.9. The second-order valence-electron chi connectivity index (χ2n) is 4.81. The highest BCUT2D eigenvalue weighted by Gasteiger charge is 2.39. The molecule has 5 nitrogen and oxygen atoms in total. The Morgan fingerprint density at radius 1 is 0.826 bits per heavy atom. The van der Waals surface area contributed by atoms with Gasteiger partial charge >= 0.3 is 7.60 Å². The van der Waals surface area contributed by atoms with Gasteiger partial charge < -0.3 is 19.2 Å². The van der Waals surface area contributed by atoms with Crippen LogP contribution in [-0.2, 0) is 4.57 Å². The van der Waals surface area contributed by atoms with Gasteiger partial charge in [-0.3, -0.25) is 0 Å². The summed E-state index contributed by atoms with van der Waals surface area (Å²) in [7, 11) is -3.76. The first-order valence-electron chi connectivity index (χ1n) is 7.05. The molecule has 1 heterocycles. The van der Waals surface area contributed by atoms with E-state index in [1.165, 1.54) is 6.26 Å². The second kappa shape index (κ2) is 6.73. The largest absolute Gasteiger partial charge is 0.467 e. The fourth-order valence-corrected chi connectivity index (χ4v) is 3.56. The van der Waals surface area contributed by atoms with E-state index >= 15 is 0 Å². The molecule has 6 heteroatoms. The fraction of sp³-hybridized carbons (Fsp3) is 0.0588. The summed E-state index contributed by atoms with van der Waals surface area (Å²) in [5.41, 5.74) is 6.11. The summed E-state index contributed by atoms with van der Waals surface area (Å²) in [5, 5.41) is 0. The molecular weight excluding hydrogens is 313 g/mol. The molecule has 118 valence electrons. The van der Waals surface area contributed by atoms with Crippen molar-refractivity contribution in [1.29, 1.82) is 0 Å². The molecule has 1 atom stereocenters. The van der Waals surface area contributed by atoms with Crippen molar-refractivity contribution < 1.29 is 18.0 Å². The maximum absolute atomic E-state index is 13.3. The van der Waals surface area contributed by atoms with Crippen molar-refractivity contribution in [3.63, 3.8) is 0 Å². The van der Waals surface area contributed by atoms with Crippen LogP contribution >= 0.6 is 7.60 Å². The standard InChI is InChI=1S/C17H16NO4P/c18-17(16-12-7-13-20-16)23(19,21-14-8-3-1-4-9-14)22-15-10-5-2-6-11-15/h1-13,17H,18H2. The molecule has 23 heavy (non-hydrogen) atoms. The van der Waals surface area contributed by atoms with Crippen molar-refractivity contribution in [2.45, 2.75) is 5.78 Å². The molecule has 0 aliphatic rings. The molecule has 0 aliphatic heterocycles. The van der Waals surface area contributed by atoms with Gasteiger partial charge in [-0.25, -0.2) is 4.57 Å². The number of furan rings is 1. The van der Waals surface area contributed by atoms with E-state index in [0.717, 1.165) is 0 Å². The number of hydrogen-bond donors (Lipinski definition) is 1. The smallest absolute Gasteiger partial charge is 0.455 e. The third-order valence-electron chi connectivity index (χ3n) is 3.13. The first-order chi connectivity index (χ1) is 11.2. The summed E-state index contributed by atoms with van der Waals surface area (Å²) in [6.07, 6.45) is 1.46. The van der Waals surface area contributed by atoms with Crippen molar-refractivity contribution in [2.75, 3.05) is 0 Å². The van der Waals surface area contributed by atoms with E-state index in [4.69, 9.17) is 19.2 Å². The lowest BCUT2D eigenvalue weighted by Crippen LogP contribution is -2.17. The third-order valence-corrected chi connectivity index (χ3v) is 4.99. The zero-order valence-electron chi connectivity index (χ0n) is 12.2. The monoisotopic (exact) mass is 329 g/mol. The van der Waals surface area contributed by atoms with Crippen LogP contribution in [0.2, 0.25) is 0 Å². The lowest BCUT2D eigenvalue weighted by atomic mass is 10.3. The number of hydrogen-bond acceptors (Lipinski definition) is 5. The average molecular weight is 329 g/mol. The number of rotatable bonds is 6. The van der Waals surface area contributed by atoms with E-state index in [-0.39, 0.29) is 0 Å². The van der Waals surface area contributed by atoms with E-state index in [9.17, 15) is 4.57 Å². The van der Waals surface area contributed by atoms with Crippen LogP contribution in [0.4, 0.5) is 0 Å². The van der Waals surface area contributed by atoms with Crippen molar-refractivity contribution >= 4 is 7.60 Å². The molecule has 0 amide bonds. The molecule has 3 aromatic rings. The summed E-state index contributed by atoms with van der Waals surface area (Å²) in [6.45, 7) is 0.